The van der Waals surface area contributed by atoms with Crippen molar-refractivity contribution in [1.29, 1.82) is 0 Å². The average molecular weight is 344 g/mol. The third-order valence-corrected chi connectivity index (χ3v) is 5.65. The SMILES string of the molecule is CC(C)[C@H](N)C(=O)N1CCCC[C@@H]1CN(Cc1ccccc1)C1CC1. The third kappa shape index (κ3) is 4.83. The van der Waals surface area contributed by atoms with Crippen LogP contribution in [0.15, 0.2) is 30.3 Å². The maximum atomic E-state index is 12.9. The highest BCUT2D eigenvalue weighted by Crippen LogP contribution is 2.30. The summed E-state index contributed by atoms with van der Waals surface area (Å²) in [6.45, 7) is 6.91. The van der Waals surface area contributed by atoms with Gasteiger partial charge in [0.1, 0.15) is 0 Å². The smallest absolute Gasteiger partial charge is 0.240 e. The molecule has 1 aromatic rings. The molecule has 1 saturated carbocycles. The quantitative estimate of drug-likeness (QED) is 0.828. The van der Waals surface area contributed by atoms with E-state index in [9.17, 15) is 4.79 Å². The normalized spacial score (nSPS) is 22.4. The van der Waals surface area contributed by atoms with E-state index in [0.717, 1.165) is 32.5 Å². The van der Waals surface area contributed by atoms with Crippen molar-refractivity contribution in [2.24, 2.45) is 11.7 Å². The molecule has 4 nitrogen and oxygen atoms in total. The third-order valence-electron chi connectivity index (χ3n) is 5.65. The summed E-state index contributed by atoms with van der Waals surface area (Å²) in [7, 11) is 0. The van der Waals surface area contributed by atoms with Gasteiger partial charge in [-0.3, -0.25) is 9.69 Å². The molecule has 1 saturated heterocycles. The summed E-state index contributed by atoms with van der Waals surface area (Å²) in [6, 6.07) is 11.3. The van der Waals surface area contributed by atoms with Crippen molar-refractivity contribution in [3.05, 3.63) is 35.9 Å². The Hall–Kier alpha value is -1.39. The van der Waals surface area contributed by atoms with Crippen LogP contribution in [0.1, 0.15) is 51.5 Å². The molecular weight excluding hydrogens is 310 g/mol. The molecule has 2 atom stereocenters. The first kappa shape index (κ1) is 18.4. The minimum absolute atomic E-state index is 0.148. The highest BCUT2D eigenvalue weighted by molar-refractivity contribution is 5.82. The van der Waals surface area contributed by atoms with Crippen molar-refractivity contribution in [3.8, 4) is 0 Å². The van der Waals surface area contributed by atoms with Gasteiger partial charge in [-0.15, -0.1) is 0 Å². The van der Waals surface area contributed by atoms with E-state index in [-0.39, 0.29) is 17.9 Å². The molecule has 3 rings (SSSR count). The first-order chi connectivity index (χ1) is 12.1. The number of benzene rings is 1. The zero-order valence-electron chi connectivity index (χ0n) is 15.7. The molecule has 1 heterocycles. The summed E-state index contributed by atoms with van der Waals surface area (Å²) >= 11 is 0. The lowest BCUT2D eigenvalue weighted by atomic mass is 9.97. The van der Waals surface area contributed by atoms with Crippen molar-refractivity contribution in [2.75, 3.05) is 13.1 Å². The molecule has 138 valence electrons. The molecule has 0 radical (unpaired) electrons. The molecule has 0 unspecified atom stereocenters. The van der Waals surface area contributed by atoms with Gasteiger partial charge in [0, 0.05) is 31.7 Å². The van der Waals surface area contributed by atoms with Gasteiger partial charge in [0.2, 0.25) is 5.91 Å². The zero-order valence-corrected chi connectivity index (χ0v) is 15.7. The first-order valence-electron chi connectivity index (χ1n) is 9.90. The summed E-state index contributed by atoms with van der Waals surface area (Å²) in [6.07, 6.45) is 6.01. The lowest BCUT2D eigenvalue weighted by molar-refractivity contribution is -0.137. The van der Waals surface area contributed by atoms with Crippen molar-refractivity contribution < 1.29 is 4.79 Å². The van der Waals surface area contributed by atoms with Crippen molar-refractivity contribution in [3.63, 3.8) is 0 Å². The van der Waals surface area contributed by atoms with Crippen LogP contribution in [0, 0.1) is 5.92 Å². The molecule has 2 aliphatic rings. The van der Waals surface area contributed by atoms with Gasteiger partial charge in [-0.25, -0.2) is 0 Å². The second-order valence-corrected chi connectivity index (χ2v) is 8.10. The molecular formula is C21H33N3O. The fourth-order valence-corrected chi connectivity index (χ4v) is 3.83. The van der Waals surface area contributed by atoms with E-state index in [1.165, 1.54) is 24.8 Å². The van der Waals surface area contributed by atoms with Crippen molar-refractivity contribution in [1.82, 2.24) is 9.80 Å². The lowest BCUT2D eigenvalue weighted by Gasteiger charge is -2.40. The van der Waals surface area contributed by atoms with Gasteiger partial charge in [-0.05, 0) is 43.6 Å². The van der Waals surface area contributed by atoms with Gasteiger partial charge in [-0.1, -0.05) is 44.2 Å². The Labute approximate surface area is 152 Å². The Kier molecular flexibility index (Phi) is 6.13. The van der Waals surface area contributed by atoms with Gasteiger partial charge < -0.3 is 10.6 Å². The number of carbonyl (C=O) groups excluding carboxylic acids is 1. The number of nitrogens with two attached hydrogens (primary N) is 1. The number of carbonyl (C=O) groups is 1. The van der Waals surface area contributed by atoms with E-state index in [4.69, 9.17) is 5.73 Å². The fraction of sp³-hybridized carbons (Fsp3) is 0.667. The molecule has 4 heteroatoms. The minimum atomic E-state index is -0.371. The van der Waals surface area contributed by atoms with Crippen molar-refractivity contribution >= 4 is 5.91 Å². The second kappa shape index (κ2) is 8.33. The monoisotopic (exact) mass is 343 g/mol. The number of hydrogen-bond acceptors (Lipinski definition) is 3. The molecule has 2 fully saturated rings. The molecule has 2 N–H and O–H groups in total. The molecule has 1 aliphatic heterocycles. The number of likely N-dealkylation sites (tertiary alicyclic amines) is 1. The van der Waals surface area contributed by atoms with Gasteiger partial charge >= 0.3 is 0 Å². The summed E-state index contributed by atoms with van der Waals surface area (Å²) in [5.41, 5.74) is 7.54. The van der Waals surface area contributed by atoms with E-state index in [0.29, 0.717) is 12.1 Å². The van der Waals surface area contributed by atoms with Crippen LogP contribution in [0.2, 0.25) is 0 Å². The van der Waals surface area contributed by atoms with Crippen LogP contribution in [-0.4, -0.2) is 46.9 Å². The van der Waals surface area contributed by atoms with Crippen LogP contribution in [0.3, 0.4) is 0 Å². The first-order valence-corrected chi connectivity index (χ1v) is 9.90. The summed E-state index contributed by atoms with van der Waals surface area (Å²) < 4.78 is 0. The highest BCUT2D eigenvalue weighted by Gasteiger charge is 2.35. The molecule has 0 aromatic heterocycles. The summed E-state index contributed by atoms with van der Waals surface area (Å²) in [4.78, 5) is 17.5. The maximum absolute atomic E-state index is 12.9. The Morgan fingerprint density at radius 1 is 1.20 bits per heavy atom. The van der Waals surface area contributed by atoms with E-state index in [1.807, 2.05) is 13.8 Å². The maximum Gasteiger partial charge on any atom is 0.240 e. The summed E-state index contributed by atoms with van der Waals surface area (Å²) in [5.74, 6) is 0.342. The lowest BCUT2D eigenvalue weighted by Crippen LogP contribution is -2.55. The Morgan fingerprint density at radius 3 is 2.56 bits per heavy atom. The molecule has 1 amide bonds. The zero-order chi connectivity index (χ0) is 17.8. The van der Waals surface area contributed by atoms with Crippen molar-refractivity contribution in [2.45, 2.75) is 70.6 Å². The minimum Gasteiger partial charge on any atom is -0.337 e. The Morgan fingerprint density at radius 2 is 1.92 bits per heavy atom. The van der Waals surface area contributed by atoms with E-state index >= 15 is 0 Å². The molecule has 0 bridgehead atoms. The predicted octanol–water partition coefficient (Wildman–Crippen LogP) is 3.02. The van der Waals surface area contributed by atoms with Crippen LogP contribution in [0.5, 0.6) is 0 Å². The standard InChI is InChI=1S/C21H33N3O/c1-16(2)20(22)21(25)24-13-7-6-10-19(24)15-23(18-11-12-18)14-17-8-4-3-5-9-17/h3-5,8-9,16,18-20H,6-7,10-15,22H2,1-2H3/t19-,20+/m1/s1. The van der Waals surface area contributed by atoms with Crippen LogP contribution < -0.4 is 5.73 Å². The van der Waals surface area contributed by atoms with Crippen LogP contribution >= 0.6 is 0 Å². The number of hydrogen-bond donors (Lipinski definition) is 1. The molecule has 0 spiro atoms. The molecule has 1 aliphatic carbocycles. The van der Waals surface area contributed by atoms with Crippen LogP contribution in [0.4, 0.5) is 0 Å². The number of rotatable bonds is 7. The van der Waals surface area contributed by atoms with Gasteiger partial charge in [0.05, 0.1) is 6.04 Å². The molecule has 1 aromatic carbocycles. The second-order valence-electron chi connectivity index (χ2n) is 8.10. The topological polar surface area (TPSA) is 49.6 Å². The Bertz CT molecular complexity index is 556. The number of amides is 1. The van der Waals surface area contributed by atoms with Gasteiger partial charge in [0.15, 0.2) is 0 Å². The molecule has 25 heavy (non-hydrogen) atoms. The highest BCUT2D eigenvalue weighted by atomic mass is 16.2. The summed E-state index contributed by atoms with van der Waals surface area (Å²) in [5, 5.41) is 0. The van der Waals surface area contributed by atoms with E-state index in [1.54, 1.807) is 0 Å². The van der Waals surface area contributed by atoms with E-state index in [2.05, 4.69) is 40.1 Å². The van der Waals surface area contributed by atoms with Crippen LogP contribution in [0.25, 0.3) is 0 Å². The average Bonchev–Trinajstić information content (AvgIpc) is 3.46. The van der Waals surface area contributed by atoms with E-state index < -0.39 is 0 Å². The number of piperidine rings is 1. The van der Waals surface area contributed by atoms with Crippen LogP contribution in [-0.2, 0) is 11.3 Å². The number of nitrogens with zero attached hydrogens (tertiary/aromatic N) is 2. The fourth-order valence-electron chi connectivity index (χ4n) is 3.83. The predicted molar refractivity (Wildman–Crippen MR) is 102 cm³/mol. The Balaban J connectivity index is 1.67. The largest absolute Gasteiger partial charge is 0.337 e. The van der Waals surface area contributed by atoms with Gasteiger partial charge in [-0.2, -0.15) is 0 Å². The van der Waals surface area contributed by atoms with Gasteiger partial charge in [0.25, 0.3) is 0 Å².